The van der Waals surface area contributed by atoms with Crippen molar-refractivity contribution in [1.29, 1.82) is 0 Å². The Morgan fingerprint density at radius 1 is 1.30 bits per heavy atom. The molecule has 0 saturated carbocycles. The number of rotatable bonds is 8. The molecule has 1 heterocycles. The maximum absolute atomic E-state index is 12.3. The lowest BCUT2D eigenvalue weighted by Crippen LogP contribution is -2.49. The molecule has 20 heavy (non-hydrogen) atoms. The van der Waals surface area contributed by atoms with Crippen LogP contribution in [0.25, 0.3) is 0 Å². The summed E-state index contributed by atoms with van der Waals surface area (Å²) in [5.41, 5.74) is 5.66. The zero-order chi connectivity index (χ0) is 15.2. The molecule has 0 radical (unpaired) electrons. The first-order valence-electron chi connectivity index (χ1n) is 7.82. The third-order valence-electron chi connectivity index (χ3n) is 3.92. The summed E-state index contributed by atoms with van der Waals surface area (Å²) in [6, 6.07) is -0.00277. The van der Waals surface area contributed by atoms with Crippen LogP contribution in [-0.2, 0) is 10.2 Å². The van der Waals surface area contributed by atoms with E-state index in [2.05, 4.69) is 18.6 Å². The Bertz CT molecular complexity index is 371. The molecule has 0 aromatic carbocycles. The molecule has 0 spiro atoms. The van der Waals surface area contributed by atoms with Gasteiger partial charge >= 0.3 is 0 Å². The average molecular weight is 305 g/mol. The van der Waals surface area contributed by atoms with Crippen LogP contribution in [0.2, 0.25) is 0 Å². The van der Waals surface area contributed by atoms with Gasteiger partial charge in [-0.05, 0) is 44.6 Å². The lowest BCUT2D eigenvalue weighted by molar-refractivity contribution is 0.267. The summed E-state index contributed by atoms with van der Waals surface area (Å²) < 4.78 is 29.0. The third-order valence-corrected chi connectivity index (χ3v) is 5.64. The number of hydrogen-bond donors (Lipinski definition) is 2. The van der Waals surface area contributed by atoms with Gasteiger partial charge in [-0.2, -0.15) is 17.4 Å². The SMILES string of the molecule is CC(C)CCCC(C)NS(=O)(=O)N1CCCC(CN)C1. The topological polar surface area (TPSA) is 75.4 Å². The van der Waals surface area contributed by atoms with E-state index in [1.807, 2.05) is 6.92 Å². The second-order valence-electron chi connectivity index (χ2n) is 6.45. The van der Waals surface area contributed by atoms with Gasteiger partial charge in [-0.1, -0.05) is 26.7 Å². The molecule has 2 unspecified atom stereocenters. The van der Waals surface area contributed by atoms with Crippen molar-refractivity contribution in [2.45, 2.75) is 58.9 Å². The molecular formula is C14H31N3O2S. The van der Waals surface area contributed by atoms with Gasteiger partial charge in [0.15, 0.2) is 0 Å². The van der Waals surface area contributed by atoms with E-state index in [-0.39, 0.29) is 6.04 Å². The van der Waals surface area contributed by atoms with Crippen LogP contribution < -0.4 is 10.5 Å². The molecule has 1 rings (SSSR count). The van der Waals surface area contributed by atoms with Crippen molar-refractivity contribution in [3.63, 3.8) is 0 Å². The summed E-state index contributed by atoms with van der Waals surface area (Å²) in [5, 5.41) is 0. The summed E-state index contributed by atoms with van der Waals surface area (Å²) in [4.78, 5) is 0. The Hall–Kier alpha value is -0.170. The molecular weight excluding hydrogens is 274 g/mol. The smallest absolute Gasteiger partial charge is 0.279 e. The number of hydrogen-bond acceptors (Lipinski definition) is 3. The van der Waals surface area contributed by atoms with E-state index in [4.69, 9.17) is 5.73 Å². The Morgan fingerprint density at radius 2 is 2.00 bits per heavy atom. The first-order chi connectivity index (χ1) is 9.35. The quantitative estimate of drug-likeness (QED) is 0.717. The minimum Gasteiger partial charge on any atom is -0.330 e. The number of nitrogens with zero attached hydrogens (tertiary/aromatic N) is 1. The number of piperidine rings is 1. The molecule has 5 nitrogen and oxygen atoms in total. The molecule has 2 atom stereocenters. The molecule has 6 heteroatoms. The number of nitrogens with one attached hydrogen (secondary N) is 1. The first kappa shape index (κ1) is 17.9. The molecule has 1 aliphatic rings. The van der Waals surface area contributed by atoms with E-state index >= 15 is 0 Å². The molecule has 0 bridgehead atoms. The second-order valence-corrected chi connectivity index (χ2v) is 8.15. The van der Waals surface area contributed by atoms with Crippen LogP contribution in [0.5, 0.6) is 0 Å². The molecule has 0 aromatic heterocycles. The average Bonchev–Trinajstić information content (AvgIpc) is 2.37. The first-order valence-corrected chi connectivity index (χ1v) is 9.26. The lowest BCUT2D eigenvalue weighted by Gasteiger charge is -2.32. The highest BCUT2D eigenvalue weighted by atomic mass is 32.2. The highest BCUT2D eigenvalue weighted by Gasteiger charge is 2.29. The lowest BCUT2D eigenvalue weighted by atomic mass is 10.0. The van der Waals surface area contributed by atoms with E-state index in [1.54, 1.807) is 4.31 Å². The standard InChI is InChI=1S/C14H31N3O2S/c1-12(2)6-4-7-13(3)16-20(18,19)17-9-5-8-14(10-15)11-17/h12-14,16H,4-11,15H2,1-3H3. The van der Waals surface area contributed by atoms with Crippen LogP contribution in [0.15, 0.2) is 0 Å². The van der Waals surface area contributed by atoms with Gasteiger partial charge in [0.2, 0.25) is 0 Å². The zero-order valence-corrected chi connectivity index (χ0v) is 14.0. The van der Waals surface area contributed by atoms with Crippen molar-refractivity contribution in [1.82, 2.24) is 9.03 Å². The second kappa shape index (κ2) is 8.32. The van der Waals surface area contributed by atoms with Gasteiger partial charge in [-0.15, -0.1) is 0 Å². The third kappa shape index (κ3) is 6.08. The van der Waals surface area contributed by atoms with Crippen LogP contribution in [0.4, 0.5) is 0 Å². The summed E-state index contributed by atoms with van der Waals surface area (Å²) in [7, 11) is -3.35. The van der Waals surface area contributed by atoms with E-state index < -0.39 is 10.2 Å². The maximum Gasteiger partial charge on any atom is 0.279 e. The Labute approximate surface area is 124 Å². The summed E-state index contributed by atoms with van der Waals surface area (Å²) >= 11 is 0. The predicted molar refractivity (Wildman–Crippen MR) is 83.6 cm³/mol. The van der Waals surface area contributed by atoms with Crippen molar-refractivity contribution < 1.29 is 8.42 Å². The molecule has 0 aromatic rings. The Morgan fingerprint density at radius 3 is 2.60 bits per heavy atom. The van der Waals surface area contributed by atoms with E-state index in [0.29, 0.717) is 31.5 Å². The van der Waals surface area contributed by atoms with Crippen LogP contribution in [0.1, 0.15) is 52.9 Å². The van der Waals surface area contributed by atoms with E-state index in [9.17, 15) is 8.42 Å². The summed E-state index contributed by atoms with van der Waals surface area (Å²) in [5.74, 6) is 0.975. The predicted octanol–water partition coefficient (Wildman–Crippen LogP) is 1.71. The van der Waals surface area contributed by atoms with Crippen molar-refractivity contribution in [3.8, 4) is 0 Å². The van der Waals surface area contributed by atoms with Crippen LogP contribution in [0.3, 0.4) is 0 Å². The van der Waals surface area contributed by atoms with Crippen molar-refractivity contribution in [3.05, 3.63) is 0 Å². The maximum atomic E-state index is 12.3. The monoisotopic (exact) mass is 305 g/mol. The normalized spacial score (nSPS) is 23.1. The minimum atomic E-state index is -3.35. The molecule has 1 aliphatic heterocycles. The molecule has 0 aliphatic carbocycles. The van der Waals surface area contributed by atoms with Gasteiger partial charge in [-0.3, -0.25) is 0 Å². The van der Waals surface area contributed by atoms with Crippen LogP contribution in [-0.4, -0.2) is 38.4 Å². The molecule has 1 fully saturated rings. The fourth-order valence-electron chi connectivity index (χ4n) is 2.66. The highest BCUT2D eigenvalue weighted by molar-refractivity contribution is 7.87. The van der Waals surface area contributed by atoms with Gasteiger partial charge in [-0.25, -0.2) is 0 Å². The highest BCUT2D eigenvalue weighted by Crippen LogP contribution is 2.18. The molecule has 120 valence electrons. The van der Waals surface area contributed by atoms with Crippen molar-refractivity contribution in [2.75, 3.05) is 19.6 Å². The zero-order valence-electron chi connectivity index (χ0n) is 13.1. The fourth-order valence-corrected chi connectivity index (χ4v) is 4.21. The van der Waals surface area contributed by atoms with Crippen LogP contribution in [0, 0.1) is 11.8 Å². The molecule has 3 N–H and O–H groups in total. The van der Waals surface area contributed by atoms with E-state index in [1.165, 1.54) is 0 Å². The van der Waals surface area contributed by atoms with E-state index in [0.717, 1.165) is 32.1 Å². The van der Waals surface area contributed by atoms with Gasteiger partial charge in [0.1, 0.15) is 0 Å². The molecule has 1 saturated heterocycles. The van der Waals surface area contributed by atoms with Crippen LogP contribution >= 0.6 is 0 Å². The Kier molecular flexibility index (Phi) is 7.43. The largest absolute Gasteiger partial charge is 0.330 e. The summed E-state index contributed by atoms with van der Waals surface area (Å²) in [6.07, 6.45) is 5.04. The van der Waals surface area contributed by atoms with Gasteiger partial charge in [0.05, 0.1) is 0 Å². The van der Waals surface area contributed by atoms with Crippen molar-refractivity contribution in [2.24, 2.45) is 17.6 Å². The molecule has 0 amide bonds. The summed E-state index contributed by atoms with van der Waals surface area (Å²) in [6.45, 7) is 8.07. The van der Waals surface area contributed by atoms with Gasteiger partial charge in [0.25, 0.3) is 10.2 Å². The Balaban J connectivity index is 2.43. The fraction of sp³-hybridized carbons (Fsp3) is 1.00. The number of nitrogens with two attached hydrogens (primary N) is 1. The van der Waals surface area contributed by atoms with Crippen molar-refractivity contribution >= 4 is 10.2 Å². The van der Waals surface area contributed by atoms with Gasteiger partial charge in [0, 0.05) is 19.1 Å². The minimum absolute atomic E-state index is 0.00277. The van der Waals surface area contributed by atoms with Gasteiger partial charge < -0.3 is 5.73 Å².